The van der Waals surface area contributed by atoms with Gasteiger partial charge in [0.25, 0.3) is 0 Å². The number of benzene rings is 1. The predicted molar refractivity (Wildman–Crippen MR) is 69.8 cm³/mol. The van der Waals surface area contributed by atoms with Crippen molar-refractivity contribution in [2.24, 2.45) is 0 Å². The lowest BCUT2D eigenvalue weighted by Gasteiger charge is -2.18. The van der Waals surface area contributed by atoms with E-state index in [0.29, 0.717) is 24.7 Å². The summed E-state index contributed by atoms with van der Waals surface area (Å²) in [7, 11) is 1.66. The van der Waals surface area contributed by atoms with E-state index in [4.69, 9.17) is 9.47 Å². The fraction of sp³-hybridized carbons (Fsp3) is 0.571. The highest BCUT2D eigenvalue weighted by atomic mass is 19.1. The van der Waals surface area contributed by atoms with Gasteiger partial charge in [-0.1, -0.05) is 0 Å². The highest BCUT2D eigenvalue weighted by Gasteiger charge is 2.16. The number of rotatable bonds is 6. The Morgan fingerprint density at radius 3 is 2.67 bits per heavy atom. The molecule has 1 heterocycles. The summed E-state index contributed by atoms with van der Waals surface area (Å²) in [6, 6.07) is 5.12. The molecule has 1 aromatic carbocycles. The highest BCUT2D eigenvalue weighted by molar-refractivity contribution is 5.51. The molecule has 0 spiro atoms. The van der Waals surface area contributed by atoms with Gasteiger partial charge in [-0.25, -0.2) is 4.39 Å². The lowest BCUT2D eigenvalue weighted by molar-refractivity contribution is 0.172. The molecule has 100 valence electrons. The maximum Gasteiger partial charge on any atom is 0.150 e. The van der Waals surface area contributed by atoms with Crippen molar-refractivity contribution >= 4 is 5.69 Å². The molecule has 0 aromatic heterocycles. The molecule has 1 aromatic rings. The molecule has 18 heavy (non-hydrogen) atoms. The van der Waals surface area contributed by atoms with Crippen LogP contribution in [-0.4, -0.2) is 33.4 Å². The zero-order valence-electron chi connectivity index (χ0n) is 10.8. The summed E-state index contributed by atoms with van der Waals surface area (Å²) in [5.41, 5.74) is 0.691. The van der Waals surface area contributed by atoms with Crippen LogP contribution in [0.15, 0.2) is 18.2 Å². The lowest BCUT2D eigenvalue weighted by Crippen LogP contribution is -2.18. The van der Waals surface area contributed by atoms with Gasteiger partial charge < -0.3 is 14.4 Å². The summed E-state index contributed by atoms with van der Waals surface area (Å²) >= 11 is 0. The maximum absolute atomic E-state index is 13.9. The van der Waals surface area contributed by atoms with E-state index in [9.17, 15) is 4.39 Å². The van der Waals surface area contributed by atoms with Gasteiger partial charge in [0, 0.05) is 39.3 Å². The summed E-state index contributed by atoms with van der Waals surface area (Å²) in [5.74, 6) is 0.396. The molecule has 1 saturated heterocycles. The van der Waals surface area contributed by atoms with E-state index in [-0.39, 0.29) is 5.82 Å². The minimum absolute atomic E-state index is 0.193. The molecule has 0 atom stereocenters. The largest absolute Gasteiger partial charge is 0.493 e. The van der Waals surface area contributed by atoms with E-state index >= 15 is 0 Å². The Morgan fingerprint density at radius 2 is 2.00 bits per heavy atom. The molecule has 1 fully saturated rings. The van der Waals surface area contributed by atoms with Crippen LogP contribution in [0.25, 0.3) is 0 Å². The second kappa shape index (κ2) is 6.59. The molecule has 0 radical (unpaired) electrons. The van der Waals surface area contributed by atoms with Crippen molar-refractivity contribution < 1.29 is 13.9 Å². The van der Waals surface area contributed by atoms with Crippen LogP contribution in [0.2, 0.25) is 0 Å². The van der Waals surface area contributed by atoms with E-state index in [0.717, 1.165) is 32.4 Å². The minimum Gasteiger partial charge on any atom is -0.493 e. The molecule has 3 nitrogen and oxygen atoms in total. The predicted octanol–water partition coefficient (Wildman–Crippen LogP) is 2.84. The van der Waals surface area contributed by atoms with Gasteiger partial charge in [-0.2, -0.15) is 0 Å². The molecular weight excluding hydrogens is 233 g/mol. The molecule has 1 aliphatic rings. The Morgan fingerprint density at radius 1 is 1.22 bits per heavy atom. The molecule has 1 aliphatic heterocycles. The first-order valence-electron chi connectivity index (χ1n) is 6.47. The number of hydrogen-bond donors (Lipinski definition) is 0. The number of hydrogen-bond acceptors (Lipinski definition) is 3. The van der Waals surface area contributed by atoms with Gasteiger partial charge >= 0.3 is 0 Å². The van der Waals surface area contributed by atoms with Gasteiger partial charge in [0.1, 0.15) is 11.6 Å². The van der Waals surface area contributed by atoms with Gasteiger partial charge in [-0.05, 0) is 25.0 Å². The molecule has 0 bridgehead atoms. The average Bonchev–Trinajstić information content (AvgIpc) is 2.88. The van der Waals surface area contributed by atoms with E-state index in [1.807, 2.05) is 12.1 Å². The lowest BCUT2D eigenvalue weighted by atomic mass is 10.2. The Balaban J connectivity index is 1.92. The summed E-state index contributed by atoms with van der Waals surface area (Å²) < 4.78 is 24.3. The first-order chi connectivity index (χ1) is 8.81. The van der Waals surface area contributed by atoms with Crippen LogP contribution in [0, 0.1) is 5.82 Å². The topological polar surface area (TPSA) is 21.7 Å². The van der Waals surface area contributed by atoms with Crippen molar-refractivity contribution in [3.63, 3.8) is 0 Å². The van der Waals surface area contributed by atoms with E-state index < -0.39 is 0 Å². The first kappa shape index (κ1) is 13.1. The summed E-state index contributed by atoms with van der Waals surface area (Å²) in [6.07, 6.45) is 3.11. The van der Waals surface area contributed by atoms with Crippen LogP contribution in [0.1, 0.15) is 19.3 Å². The van der Waals surface area contributed by atoms with Gasteiger partial charge in [-0.15, -0.1) is 0 Å². The Kier molecular flexibility index (Phi) is 4.81. The molecule has 0 saturated carbocycles. The molecule has 0 N–H and O–H groups in total. The van der Waals surface area contributed by atoms with Gasteiger partial charge in [0.2, 0.25) is 0 Å². The Bertz CT molecular complexity index is 378. The third-order valence-corrected chi connectivity index (χ3v) is 3.13. The summed E-state index contributed by atoms with van der Waals surface area (Å²) in [5, 5.41) is 0. The van der Waals surface area contributed by atoms with Gasteiger partial charge in [0.15, 0.2) is 0 Å². The first-order valence-corrected chi connectivity index (χ1v) is 6.47. The zero-order chi connectivity index (χ0) is 12.8. The second-order valence-corrected chi connectivity index (χ2v) is 4.50. The minimum atomic E-state index is -0.193. The average molecular weight is 253 g/mol. The zero-order valence-corrected chi connectivity index (χ0v) is 10.8. The fourth-order valence-electron chi connectivity index (χ4n) is 2.19. The summed E-state index contributed by atoms with van der Waals surface area (Å²) in [6.45, 7) is 3.11. The van der Waals surface area contributed by atoms with Crippen molar-refractivity contribution in [3.05, 3.63) is 24.0 Å². The number of ether oxygens (including phenoxy) is 2. The van der Waals surface area contributed by atoms with Crippen molar-refractivity contribution in [1.29, 1.82) is 0 Å². The van der Waals surface area contributed by atoms with Crippen LogP contribution in [-0.2, 0) is 4.74 Å². The number of anilines is 1. The smallest absolute Gasteiger partial charge is 0.150 e. The Labute approximate surface area is 107 Å². The van der Waals surface area contributed by atoms with Gasteiger partial charge in [0.05, 0.1) is 12.3 Å². The van der Waals surface area contributed by atoms with E-state index in [1.54, 1.807) is 7.11 Å². The fourth-order valence-corrected chi connectivity index (χ4v) is 2.19. The quantitative estimate of drug-likeness (QED) is 0.728. The van der Waals surface area contributed by atoms with E-state index in [1.165, 1.54) is 6.07 Å². The molecule has 0 aliphatic carbocycles. The normalized spacial score (nSPS) is 15.1. The van der Waals surface area contributed by atoms with Crippen molar-refractivity contribution in [2.75, 3.05) is 38.3 Å². The molecule has 0 amide bonds. The third kappa shape index (κ3) is 3.35. The van der Waals surface area contributed by atoms with Crippen LogP contribution in [0.3, 0.4) is 0 Å². The van der Waals surface area contributed by atoms with Crippen molar-refractivity contribution in [2.45, 2.75) is 19.3 Å². The standard InChI is InChI=1S/C14H20FNO2/c1-17-9-4-10-18-12-5-6-14(13(15)11-12)16-7-2-3-8-16/h5-6,11H,2-4,7-10H2,1H3. The van der Waals surface area contributed by atoms with Crippen LogP contribution in [0.4, 0.5) is 10.1 Å². The summed E-state index contributed by atoms with van der Waals surface area (Å²) in [4.78, 5) is 2.09. The van der Waals surface area contributed by atoms with Crippen molar-refractivity contribution in [3.8, 4) is 5.75 Å². The number of methoxy groups -OCH3 is 1. The molecular formula is C14H20FNO2. The third-order valence-electron chi connectivity index (χ3n) is 3.13. The highest BCUT2D eigenvalue weighted by Crippen LogP contribution is 2.26. The van der Waals surface area contributed by atoms with Gasteiger partial charge in [-0.3, -0.25) is 0 Å². The second-order valence-electron chi connectivity index (χ2n) is 4.50. The van der Waals surface area contributed by atoms with Crippen LogP contribution >= 0.6 is 0 Å². The monoisotopic (exact) mass is 253 g/mol. The SMILES string of the molecule is COCCCOc1ccc(N2CCCC2)c(F)c1. The van der Waals surface area contributed by atoms with Crippen LogP contribution < -0.4 is 9.64 Å². The molecule has 4 heteroatoms. The van der Waals surface area contributed by atoms with E-state index in [2.05, 4.69) is 4.90 Å². The number of halogens is 1. The van der Waals surface area contributed by atoms with Crippen LogP contribution in [0.5, 0.6) is 5.75 Å². The van der Waals surface area contributed by atoms with Crippen molar-refractivity contribution in [1.82, 2.24) is 0 Å². The molecule has 0 unspecified atom stereocenters. The Hall–Kier alpha value is -1.29. The maximum atomic E-state index is 13.9. The number of nitrogens with zero attached hydrogens (tertiary/aromatic N) is 1. The molecule has 2 rings (SSSR count).